The highest BCUT2D eigenvalue weighted by atomic mass is 16.4. The first-order valence-corrected chi connectivity index (χ1v) is 6.90. The molecule has 6 nitrogen and oxygen atoms in total. The van der Waals surface area contributed by atoms with Crippen LogP contribution >= 0.6 is 0 Å². The fraction of sp³-hybridized carbons (Fsp3) is 0.643. The SMILES string of the molecule is CC(C)(CC(=O)N1CCCC(c2ccn[nH]2)C1)C(=O)O. The van der Waals surface area contributed by atoms with Gasteiger partial charge in [0.2, 0.25) is 5.91 Å². The van der Waals surface area contributed by atoms with Gasteiger partial charge in [-0.05, 0) is 32.8 Å². The molecule has 0 spiro atoms. The number of nitrogens with zero attached hydrogens (tertiary/aromatic N) is 2. The molecule has 110 valence electrons. The number of hydrogen-bond donors (Lipinski definition) is 2. The molecule has 1 unspecified atom stereocenters. The Kier molecular flexibility index (Phi) is 4.11. The number of carboxylic acids is 1. The van der Waals surface area contributed by atoms with Gasteiger partial charge in [-0.15, -0.1) is 0 Å². The van der Waals surface area contributed by atoms with E-state index in [1.807, 2.05) is 6.07 Å². The van der Waals surface area contributed by atoms with Gasteiger partial charge in [0.1, 0.15) is 0 Å². The third-order valence-electron chi connectivity index (χ3n) is 3.91. The number of nitrogens with one attached hydrogen (secondary N) is 1. The second kappa shape index (κ2) is 5.64. The number of amides is 1. The molecule has 1 amide bonds. The second-order valence-electron chi connectivity index (χ2n) is 6.06. The zero-order valence-corrected chi connectivity index (χ0v) is 11.9. The lowest BCUT2D eigenvalue weighted by atomic mass is 9.88. The van der Waals surface area contributed by atoms with E-state index in [1.165, 1.54) is 0 Å². The Hall–Kier alpha value is -1.85. The molecule has 0 saturated carbocycles. The Bertz CT molecular complexity index is 482. The Morgan fingerprint density at radius 2 is 2.30 bits per heavy atom. The van der Waals surface area contributed by atoms with Gasteiger partial charge in [0.25, 0.3) is 0 Å². The molecular weight excluding hydrogens is 258 g/mol. The van der Waals surface area contributed by atoms with Crippen molar-refractivity contribution in [2.75, 3.05) is 13.1 Å². The van der Waals surface area contributed by atoms with Gasteiger partial charge < -0.3 is 10.0 Å². The first-order chi connectivity index (χ1) is 9.40. The Balaban J connectivity index is 1.98. The second-order valence-corrected chi connectivity index (χ2v) is 6.06. The van der Waals surface area contributed by atoms with Crippen molar-refractivity contribution in [3.05, 3.63) is 18.0 Å². The molecule has 1 atom stereocenters. The molecule has 1 fully saturated rings. The van der Waals surface area contributed by atoms with Gasteiger partial charge in [0.05, 0.1) is 5.41 Å². The number of rotatable bonds is 4. The minimum atomic E-state index is -1.02. The summed E-state index contributed by atoms with van der Waals surface area (Å²) in [6, 6.07) is 1.93. The van der Waals surface area contributed by atoms with Gasteiger partial charge in [-0.2, -0.15) is 5.10 Å². The van der Waals surface area contributed by atoms with Crippen LogP contribution in [0.3, 0.4) is 0 Å². The van der Waals surface area contributed by atoms with Gasteiger partial charge in [0, 0.05) is 37.3 Å². The fourth-order valence-corrected chi connectivity index (χ4v) is 2.52. The van der Waals surface area contributed by atoms with Gasteiger partial charge >= 0.3 is 5.97 Å². The van der Waals surface area contributed by atoms with Crippen molar-refractivity contribution in [2.45, 2.75) is 39.0 Å². The Morgan fingerprint density at radius 3 is 2.90 bits per heavy atom. The average molecular weight is 279 g/mol. The summed E-state index contributed by atoms with van der Waals surface area (Å²) in [4.78, 5) is 25.2. The van der Waals surface area contributed by atoms with Crippen molar-refractivity contribution in [2.24, 2.45) is 5.41 Å². The highest BCUT2D eigenvalue weighted by Crippen LogP contribution is 2.28. The maximum Gasteiger partial charge on any atom is 0.309 e. The summed E-state index contributed by atoms with van der Waals surface area (Å²) in [5.74, 6) is -0.752. The van der Waals surface area contributed by atoms with E-state index in [0.29, 0.717) is 13.1 Å². The maximum absolute atomic E-state index is 12.3. The molecule has 1 aliphatic heterocycles. The van der Waals surface area contributed by atoms with Crippen LogP contribution in [-0.4, -0.2) is 45.2 Å². The molecule has 0 aliphatic carbocycles. The topological polar surface area (TPSA) is 86.3 Å². The Morgan fingerprint density at radius 1 is 1.55 bits per heavy atom. The predicted octanol–water partition coefficient (Wildman–Crippen LogP) is 1.62. The number of aromatic amines is 1. The monoisotopic (exact) mass is 279 g/mol. The molecule has 0 aromatic carbocycles. The van der Waals surface area contributed by atoms with E-state index in [2.05, 4.69) is 10.2 Å². The van der Waals surface area contributed by atoms with E-state index in [1.54, 1.807) is 24.9 Å². The molecule has 0 bridgehead atoms. The maximum atomic E-state index is 12.3. The van der Waals surface area contributed by atoms with Crippen LogP contribution in [0.2, 0.25) is 0 Å². The van der Waals surface area contributed by atoms with Gasteiger partial charge in [0.15, 0.2) is 0 Å². The summed E-state index contributed by atoms with van der Waals surface area (Å²) in [5, 5.41) is 16.0. The third-order valence-corrected chi connectivity index (χ3v) is 3.91. The van der Waals surface area contributed by atoms with Crippen molar-refractivity contribution < 1.29 is 14.7 Å². The summed E-state index contributed by atoms with van der Waals surface area (Å²) in [7, 11) is 0. The number of carbonyl (C=O) groups is 2. The minimum absolute atomic E-state index is 0.0397. The summed E-state index contributed by atoms with van der Waals surface area (Å²) in [5.41, 5.74) is 0.0258. The molecule has 20 heavy (non-hydrogen) atoms. The lowest BCUT2D eigenvalue weighted by Crippen LogP contribution is -2.42. The molecule has 1 saturated heterocycles. The molecule has 2 heterocycles. The van der Waals surface area contributed by atoms with E-state index in [4.69, 9.17) is 5.11 Å². The van der Waals surface area contributed by atoms with Gasteiger partial charge in [-0.25, -0.2) is 0 Å². The lowest BCUT2D eigenvalue weighted by molar-refractivity contribution is -0.151. The molecular formula is C14H21N3O3. The molecule has 6 heteroatoms. The molecule has 1 aromatic rings. The van der Waals surface area contributed by atoms with E-state index in [-0.39, 0.29) is 18.2 Å². The van der Waals surface area contributed by atoms with Gasteiger partial charge in [-0.3, -0.25) is 14.7 Å². The molecule has 2 N–H and O–H groups in total. The van der Waals surface area contributed by atoms with Crippen LogP contribution in [-0.2, 0) is 9.59 Å². The number of H-pyrrole nitrogens is 1. The standard InChI is InChI=1S/C14H21N3O3/c1-14(2,13(19)20)8-12(18)17-7-3-4-10(9-17)11-5-6-15-16-11/h5-6,10H,3-4,7-9H2,1-2H3,(H,15,16)(H,19,20). The van der Waals surface area contributed by atoms with Crippen molar-refractivity contribution in [3.8, 4) is 0 Å². The van der Waals surface area contributed by atoms with Gasteiger partial charge in [-0.1, -0.05) is 0 Å². The molecule has 0 radical (unpaired) electrons. The van der Waals surface area contributed by atoms with Crippen molar-refractivity contribution >= 4 is 11.9 Å². The highest BCUT2D eigenvalue weighted by molar-refractivity contribution is 5.84. The van der Waals surface area contributed by atoms with Crippen LogP contribution in [0.15, 0.2) is 12.3 Å². The van der Waals surface area contributed by atoms with E-state index < -0.39 is 11.4 Å². The quantitative estimate of drug-likeness (QED) is 0.876. The zero-order valence-electron chi connectivity index (χ0n) is 11.9. The van der Waals surface area contributed by atoms with Crippen molar-refractivity contribution in [1.29, 1.82) is 0 Å². The fourth-order valence-electron chi connectivity index (χ4n) is 2.52. The number of hydrogen-bond acceptors (Lipinski definition) is 3. The van der Waals surface area contributed by atoms with E-state index in [9.17, 15) is 9.59 Å². The van der Waals surface area contributed by atoms with Crippen LogP contribution < -0.4 is 0 Å². The first-order valence-electron chi connectivity index (χ1n) is 6.90. The summed E-state index contributed by atoms with van der Waals surface area (Å²) in [6.07, 6.45) is 3.71. The minimum Gasteiger partial charge on any atom is -0.481 e. The molecule has 2 rings (SSSR count). The average Bonchev–Trinajstić information content (AvgIpc) is 2.92. The number of likely N-dealkylation sites (tertiary alicyclic amines) is 1. The van der Waals surface area contributed by atoms with Crippen LogP contribution in [0.5, 0.6) is 0 Å². The van der Waals surface area contributed by atoms with Crippen LogP contribution in [0.1, 0.15) is 44.7 Å². The third kappa shape index (κ3) is 3.18. The predicted molar refractivity (Wildman–Crippen MR) is 73.2 cm³/mol. The van der Waals surface area contributed by atoms with Crippen molar-refractivity contribution in [1.82, 2.24) is 15.1 Å². The molecule has 1 aliphatic rings. The molecule has 1 aromatic heterocycles. The number of aromatic nitrogens is 2. The smallest absolute Gasteiger partial charge is 0.309 e. The van der Waals surface area contributed by atoms with E-state index in [0.717, 1.165) is 18.5 Å². The Labute approximate surface area is 118 Å². The number of aliphatic carboxylic acids is 1. The normalized spacial score (nSPS) is 19.9. The zero-order chi connectivity index (χ0) is 14.8. The number of carboxylic acid groups (broad SMARTS) is 1. The first kappa shape index (κ1) is 14.6. The summed E-state index contributed by atoms with van der Waals surface area (Å²) >= 11 is 0. The van der Waals surface area contributed by atoms with Crippen LogP contribution in [0.4, 0.5) is 0 Å². The summed E-state index contributed by atoms with van der Waals surface area (Å²) < 4.78 is 0. The van der Waals surface area contributed by atoms with E-state index >= 15 is 0 Å². The summed E-state index contributed by atoms with van der Waals surface area (Å²) in [6.45, 7) is 4.52. The van der Waals surface area contributed by atoms with Crippen LogP contribution in [0.25, 0.3) is 0 Å². The lowest BCUT2D eigenvalue weighted by Gasteiger charge is -2.33. The van der Waals surface area contributed by atoms with Crippen LogP contribution in [0, 0.1) is 5.41 Å². The highest BCUT2D eigenvalue weighted by Gasteiger charge is 2.34. The number of piperidine rings is 1. The largest absolute Gasteiger partial charge is 0.481 e. The number of carbonyl (C=O) groups excluding carboxylic acids is 1. The van der Waals surface area contributed by atoms with Crippen molar-refractivity contribution in [3.63, 3.8) is 0 Å².